The second kappa shape index (κ2) is 7.24. The van der Waals surface area contributed by atoms with Gasteiger partial charge in [-0.15, -0.1) is 0 Å². The monoisotopic (exact) mass is 395 g/mol. The molecule has 3 heterocycles. The molecular formula is C22H22FN3O3. The summed E-state index contributed by atoms with van der Waals surface area (Å²) < 4.78 is 24.9. The van der Waals surface area contributed by atoms with Crippen molar-refractivity contribution in [2.45, 2.75) is 24.5 Å². The molecule has 0 saturated carbocycles. The van der Waals surface area contributed by atoms with Crippen LogP contribution in [-0.2, 0) is 14.3 Å². The lowest BCUT2D eigenvalue weighted by Gasteiger charge is -2.38. The van der Waals surface area contributed by atoms with Gasteiger partial charge >= 0.3 is 0 Å². The van der Waals surface area contributed by atoms with Crippen LogP contribution in [0, 0.1) is 5.82 Å². The molecule has 1 unspecified atom stereocenters. The Morgan fingerprint density at radius 3 is 2.55 bits per heavy atom. The van der Waals surface area contributed by atoms with E-state index in [2.05, 4.69) is 15.2 Å². The van der Waals surface area contributed by atoms with Crippen molar-refractivity contribution >= 4 is 29.2 Å². The van der Waals surface area contributed by atoms with E-state index in [1.165, 1.54) is 12.1 Å². The average molecular weight is 395 g/mol. The van der Waals surface area contributed by atoms with Crippen LogP contribution in [0.25, 0.3) is 0 Å². The fourth-order valence-corrected chi connectivity index (χ4v) is 4.21. The summed E-state index contributed by atoms with van der Waals surface area (Å²) in [6, 6.07) is 12.3. The highest BCUT2D eigenvalue weighted by Crippen LogP contribution is 2.34. The summed E-state index contributed by atoms with van der Waals surface area (Å²) in [6.07, 6.45) is 3.35. The third kappa shape index (κ3) is 3.52. The second-order valence-electron chi connectivity index (χ2n) is 7.59. The second-order valence-corrected chi connectivity index (χ2v) is 7.59. The van der Waals surface area contributed by atoms with E-state index < -0.39 is 5.92 Å². The number of halogens is 1. The van der Waals surface area contributed by atoms with Crippen molar-refractivity contribution in [3.8, 4) is 0 Å². The molecule has 0 aromatic heterocycles. The van der Waals surface area contributed by atoms with Gasteiger partial charge in [-0.25, -0.2) is 4.39 Å². The molecule has 2 aromatic carbocycles. The lowest BCUT2D eigenvalue weighted by atomic mass is 10.0. The van der Waals surface area contributed by atoms with Crippen LogP contribution in [0.4, 0.5) is 21.5 Å². The first-order valence-electron chi connectivity index (χ1n) is 9.89. The van der Waals surface area contributed by atoms with E-state index in [0.29, 0.717) is 18.9 Å². The molecular weight excluding hydrogens is 373 g/mol. The molecule has 5 rings (SSSR count). The summed E-state index contributed by atoms with van der Waals surface area (Å²) >= 11 is 0. The van der Waals surface area contributed by atoms with E-state index in [0.717, 1.165) is 42.9 Å². The number of nitrogens with zero attached hydrogens (tertiary/aromatic N) is 2. The maximum atomic E-state index is 13.3. The Kier molecular flexibility index (Phi) is 4.56. The Bertz CT molecular complexity index is 944. The summed E-state index contributed by atoms with van der Waals surface area (Å²) in [7, 11) is 0. The van der Waals surface area contributed by atoms with Gasteiger partial charge in [-0.3, -0.25) is 9.79 Å². The maximum Gasteiger partial charge on any atom is 0.237 e. The van der Waals surface area contributed by atoms with Gasteiger partial charge in [-0.2, -0.15) is 0 Å². The summed E-state index contributed by atoms with van der Waals surface area (Å²) in [5, 5.41) is 2.70. The number of aliphatic imine (C=N–C) groups is 1. The number of fused-ring (bicyclic) bond motifs is 1. The number of piperidine rings is 1. The van der Waals surface area contributed by atoms with Gasteiger partial charge in [-0.05, 0) is 42.0 Å². The summed E-state index contributed by atoms with van der Waals surface area (Å²) in [5.74, 6) is -1.44. The summed E-state index contributed by atoms with van der Waals surface area (Å²) in [4.78, 5) is 19.0. The van der Waals surface area contributed by atoms with Crippen LogP contribution in [0.15, 0.2) is 47.5 Å². The molecule has 1 atom stereocenters. The third-order valence-electron chi connectivity index (χ3n) is 5.82. The van der Waals surface area contributed by atoms with Crippen molar-refractivity contribution in [3.05, 3.63) is 53.8 Å². The molecule has 1 amide bonds. The van der Waals surface area contributed by atoms with Crippen LogP contribution in [0.3, 0.4) is 0 Å². The molecule has 6 nitrogen and oxygen atoms in total. The molecule has 29 heavy (non-hydrogen) atoms. The van der Waals surface area contributed by atoms with E-state index in [9.17, 15) is 9.18 Å². The predicted molar refractivity (Wildman–Crippen MR) is 108 cm³/mol. The number of anilines is 2. The number of carbonyl (C=O) groups excluding carboxylic acids is 1. The third-order valence-corrected chi connectivity index (χ3v) is 5.82. The number of nitrogens with one attached hydrogen (secondary N) is 1. The zero-order valence-electron chi connectivity index (χ0n) is 15.9. The van der Waals surface area contributed by atoms with Gasteiger partial charge < -0.3 is 19.7 Å². The molecule has 0 aliphatic carbocycles. The van der Waals surface area contributed by atoms with E-state index >= 15 is 0 Å². The first-order chi connectivity index (χ1) is 14.1. The topological polar surface area (TPSA) is 63.2 Å². The summed E-state index contributed by atoms with van der Waals surface area (Å²) in [5.41, 5.74) is 3.17. The quantitative estimate of drug-likeness (QED) is 0.807. The van der Waals surface area contributed by atoms with Crippen molar-refractivity contribution in [1.29, 1.82) is 0 Å². The van der Waals surface area contributed by atoms with Crippen LogP contribution in [0.2, 0.25) is 0 Å². The van der Waals surface area contributed by atoms with Crippen molar-refractivity contribution in [3.63, 3.8) is 0 Å². The Morgan fingerprint density at radius 2 is 1.83 bits per heavy atom. The molecule has 3 aliphatic heterocycles. The first-order valence-corrected chi connectivity index (χ1v) is 9.89. The standard InChI is InChI=1S/C22H22FN3O3/c23-15-1-6-18-19(21(27)25-20(18)13-15)14-24-16-2-4-17(5-3-16)26-9-7-22(8-10-26)28-11-12-29-22/h1-6,13-14,19H,7-12H2,(H,25,27). The minimum atomic E-state index is -0.505. The van der Waals surface area contributed by atoms with Crippen LogP contribution < -0.4 is 10.2 Å². The van der Waals surface area contributed by atoms with Crippen LogP contribution in [-0.4, -0.2) is 44.2 Å². The number of hydrogen-bond donors (Lipinski definition) is 1. The minimum Gasteiger partial charge on any atom is -0.371 e. The Morgan fingerprint density at radius 1 is 1.10 bits per heavy atom. The normalized spacial score (nSPS) is 23.0. The highest BCUT2D eigenvalue weighted by Gasteiger charge is 2.39. The molecule has 3 aliphatic rings. The SMILES string of the molecule is O=C1Nc2cc(F)ccc2C1C=Nc1ccc(N2CCC3(CC2)OCCO3)cc1. The van der Waals surface area contributed by atoms with E-state index in [1.807, 2.05) is 24.3 Å². The number of hydrogen-bond acceptors (Lipinski definition) is 5. The van der Waals surface area contributed by atoms with Crippen molar-refractivity contribution < 1.29 is 18.7 Å². The van der Waals surface area contributed by atoms with Gasteiger partial charge in [0.2, 0.25) is 5.91 Å². The number of benzene rings is 2. The Balaban J connectivity index is 1.25. The first kappa shape index (κ1) is 18.3. The molecule has 2 aromatic rings. The number of ether oxygens (including phenoxy) is 2. The summed E-state index contributed by atoms with van der Waals surface area (Å²) in [6.45, 7) is 3.15. The molecule has 0 radical (unpaired) electrons. The lowest BCUT2D eigenvalue weighted by molar-refractivity contribution is -0.169. The highest BCUT2D eigenvalue weighted by molar-refractivity contribution is 6.12. The fraction of sp³-hybridized carbons (Fsp3) is 0.364. The fourth-order valence-electron chi connectivity index (χ4n) is 4.21. The van der Waals surface area contributed by atoms with Crippen LogP contribution in [0.1, 0.15) is 24.3 Å². The molecule has 1 N–H and O–H groups in total. The number of rotatable bonds is 3. The number of amides is 1. The molecule has 7 heteroatoms. The van der Waals surface area contributed by atoms with Crippen molar-refractivity contribution in [1.82, 2.24) is 0 Å². The largest absolute Gasteiger partial charge is 0.371 e. The van der Waals surface area contributed by atoms with E-state index in [4.69, 9.17) is 9.47 Å². The highest BCUT2D eigenvalue weighted by atomic mass is 19.1. The molecule has 0 bridgehead atoms. The Labute approximate surface area is 168 Å². The Hall–Kier alpha value is -2.77. The van der Waals surface area contributed by atoms with Gasteiger partial charge in [0.05, 0.1) is 18.9 Å². The van der Waals surface area contributed by atoms with Crippen LogP contribution in [0.5, 0.6) is 0 Å². The van der Waals surface area contributed by atoms with Gasteiger partial charge in [0, 0.05) is 43.5 Å². The van der Waals surface area contributed by atoms with E-state index in [1.54, 1.807) is 12.3 Å². The van der Waals surface area contributed by atoms with Gasteiger partial charge in [-0.1, -0.05) is 6.07 Å². The average Bonchev–Trinajstić information content (AvgIpc) is 3.31. The molecule has 2 saturated heterocycles. The molecule has 1 spiro atoms. The van der Waals surface area contributed by atoms with Gasteiger partial charge in [0.1, 0.15) is 11.7 Å². The zero-order valence-corrected chi connectivity index (χ0v) is 15.9. The number of carbonyl (C=O) groups is 1. The van der Waals surface area contributed by atoms with Gasteiger partial charge in [0.25, 0.3) is 0 Å². The van der Waals surface area contributed by atoms with Crippen LogP contribution >= 0.6 is 0 Å². The van der Waals surface area contributed by atoms with Gasteiger partial charge in [0.15, 0.2) is 5.79 Å². The molecule has 2 fully saturated rings. The zero-order chi connectivity index (χ0) is 19.8. The molecule has 150 valence electrons. The van der Waals surface area contributed by atoms with E-state index in [-0.39, 0.29) is 17.5 Å². The lowest BCUT2D eigenvalue weighted by Crippen LogP contribution is -2.45. The van der Waals surface area contributed by atoms with Crippen molar-refractivity contribution in [2.24, 2.45) is 4.99 Å². The minimum absolute atomic E-state index is 0.190. The van der Waals surface area contributed by atoms with Crippen molar-refractivity contribution in [2.75, 3.05) is 36.5 Å². The smallest absolute Gasteiger partial charge is 0.237 e. The maximum absolute atomic E-state index is 13.3. The predicted octanol–water partition coefficient (Wildman–Crippen LogP) is 3.61.